The lowest BCUT2D eigenvalue weighted by molar-refractivity contribution is -0.144. The SMILES string of the molecule is C[C@H]1[C@@H]2[C@@H](O)C([C@H](C)C(=O)NCc3cccs3)CC[C@@]2(C)CC[C@@H]1NC(=O)C1CC1. The first kappa shape index (κ1) is 21.8. The van der Waals surface area contributed by atoms with Crippen molar-refractivity contribution in [3.05, 3.63) is 22.4 Å². The van der Waals surface area contributed by atoms with E-state index in [0.29, 0.717) is 6.54 Å². The lowest BCUT2D eigenvalue weighted by Crippen LogP contribution is -2.58. The van der Waals surface area contributed by atoms with Gasteiger partial charge in [0.15, 0.2) is 0 Å². The second-order valence-electron chi connectivity index (χ2n) is 10.2. The summed E-state index contributed by atoms with van der Waals surface area (Å²) in [5.41, 5.74) is 0.0866. The third-order valence-electron chi connectivity index (χ3n) is 8.24. The van der Waals surface area contributed by atoms with Gasteiger partial charge in [0.25, 0.3) is 0 Å². The van der Waals surface area contributed by atoms with Crippen LogP contribution in [-0.2, 0) is 16.1 Å². The summed E-state index contributed by atoms with van der Waals surface area (Å²) in [6.45, 7) is 7.00. The van der Waals surface area contributed by atoms with E-state index in [9.17, 15) is 14.7 Å². The number of aliphatic hydroxyl groups excluding tert-OH is 1. The van der Waals surface area contributed by atoms with Crippen molar-refractivity contribution < 1.29 is 14.7 Å². The summed E-state index contributed by atoms with van der Waals surface area (Å²) < 4.78 is 0. The molecule has 7 atom stereocenters. The Morgan fingerprint density at radius 3 is 2.67 bits per heavy atom. The van der Waals surface area contributed by atoms with Gasteiger partial charge in [0.05, 0.1) is 12.6 Å². The zero-order valence-electron chi connectivity index (χ0n) is 18.4. The molecule has 0 radical (unpaired) electrons. The fraction of sp³-hybridized carbons (Fsp3) is 0.750. The highest BCUT2D eigenvalue weighted by atomic mass is 32.1. The number of amides is 2. The van der Waals surface area contributed by atoms with Gasteiger partial charge in [-0.3, -0.25) is 9.59 Å². The number of thiophene rings is 1. The first-order chi connectivity index (χ1) is 14.3. The molecule has 1 heterocycles. The van der Waals surface area contributed by atoms with Crippen LogP contribution in [0.4, 0.5) is 0 Å². The molecule has 3 aliphatic rings. The van der Waals surface area contributed by atoms with E-state index < -0.39 is 6.10 Å². The molecule has 0 aliphatic heterocycles. The number of rotatable bonds is 6. The summed E-state index contributed by atoms with van der Waals surface area (Å²) in [7, 11) is 0. The van der Waals surface area contributed by atoms with E-state index in [2.05, 4.69) is 24.5 Å². The Balaban J connectivity index is 1.41. The molecule has 0 bridgehead atoms. The van der Waals surface area contributed by atoms with Crippen LogP contribution >= 0.6 is 11.3 Å². The standard InChI is InChI=1S/C24H36N2O3S/c1-14(22(28)25-13-17-5-4-12-30-17)18-8-10-24(3)11-9-19(15(2)20(24)21(18)27)26-23(29)16-6-7-16/h4-5,12,14-16,18-21,27H,6-11,13H2,1-3H3,(H,25,28)(H,26,29)/t14-,15+,18?,19-,20+,21-,24-/m0/s1. The molecule has 3 aliphatic carbocycles. The Kier molecular flexibility index (Phi) is 6.27. The molecule has 30 heavy (non-hydrogen) atoms. The minimum atomic E-state index is -0.512. The predicted octanol–water partition coefficient (Wildman–Crippen LogP) is 3.72. The Bertz CT molecular complexity index is 763. The number of carbonyl (C=O) groups is 2. The van der Waals surface area contributed by atoms with Crippen LogP contribution in [0.25, 0.3) is 0 Å². The Hall–Kier alpha value is -1.40. The van der Waals surface area contributed by atoms with Crippen LogP contribution in [0.3, 0.4) is 0 Å². The Morgan fingerprint density at radius 1 is 1.27 bits per heavy atom. The summed E-state index contributed by atoms with van der Waals surface area (Å²) in [4.78, 5) is 26.3. The maximum atomic E-state index is 12.8. The molecule has 1 aromatic rings. The molecule has 3 saturated carbocycles. The number of fused-ring (bicyclic) bond motifs is 1. The fourth-order valence-corrected chi connectivity index (χ4v) is 6.73. The first-order valence-corrected chi connectivity index (χ1v) is 12.5. The van der Waals surface area contributed by atoms with E-state index in [1.54, 1.807) is 11.3 Å². The van der Waals surface area contributed by atoms with E-state index in [-0.39, 0.29) is 52.9 Å². The minimum Gasteiger partial charge on any atom is -0.392 e. The van der Waals surface area contributed by atoms with Crippen molar-refractivity contribution >= 4 is 23.2 Å². The van der Waals surface area contributed by atoms with E-state index in [1.807, 2.05) is 24.4 Å². The molecule has 0 saturated heterocycles. The number of aliphatic hydroxyl groups is 1. The fourth-order valence-electron chi connectivity index (χ4n) is 6.09. The van der Waals surface area contributed by atoms with Crippen molar-refractivity contribution in [3.8, 4) is 0 Å². The minimum absolute atomic E-state index is 0.0260. The van der Waals surface area contributed by atoms with Gasteiger partial charge >= 0.3 is 0 Å². The summed E-state index contributed by atoms with van der Waals surface area (Å²) in [6.07, 6.45) is 5.44. The van der Waals surface area contributed by atoms with Crippen LogP contribution in [0.1, 0.15) is 64.2 Å². The second kappa shape index (κ2) is 8.62. The van der Waals surface area contributed by atoms with Crippen LogP contribution in [-0.4, -0.2) is 29.1 Å². The van der Waals surface area contributed by atoms with E-state index in [1.165, 1.54) is 0 Å². The van der Waals surface area contributed by atoms with E-state index in [4.69, 9.17) is 0 Å². The van der Waals surface area contributed by atoms with E-state index >= 15 is 0 Å². The summed E-state index contributed by atoms with van der Waals surface area (Å²) in [6, 6.07) is 4.15. The second-order valence-corrected chi connectivity index (χ2v) is 11.3. The molecule has 166 valence electrons. The zero-order chi connectivity index (χ0) is 21.5. The maximum absolute atomic E-state index is 12.8. The number of hydrogen-bond donors (Lipinski definition) is 3. The van der Waals surface area contributed by atoms with Crippen LogP contribution in [0.15, 0.2) is 17.5 Å². The lowest BCUT2D eigenvalue weighted by atomic mass is 9.51. The van der Waals surface area contributed by atoms with Gasteiger partial charge in [0.1, 0.15) is 0 Å². The quantitative estimate of drug-likeness (QED) is 0.641. The van der Waals surface area contributed by atoms with Crippen molar-refractivity contribution in [1.29, 1.82) is 0 Å². The predicted molar refractivity (Wildman–Crippen MR) is 119 cm³/mol. The van der Waals surface area contributed by atoms with E-state index in [0.717, 1.165) is 43.4 Å². The van der Waals surface area contributed by atoms with Gasteiger partial charge in [0, 0.05) is 22.8 Å². The van der Waals surface area contributed by atoms with Gasteiger partial charge < -0.3 is 15.7 Å². The Morgan fingerprint density at radius 2 is 2.00 bits per heavy atom. The molecule has 0 spiro atoms. The molecule has 3 N–H and O–H groups in total. The van der Waals surface area contributed by atoms with Gasteiger partial charge in [-0.1, -0.05) is 26.8 Å². The molecular formula is C24H36N2O3S. The monoisotopic (exact) mass is 432 g/mol. The molecule has 3 fully saturated rings. The summed E-state index contributed by atoms with van der Waals surface area (Å²) in [5, 5.41) is 19.8. The average Bonchev–Trinajstić information content (AvgIpc) is 3.44. The van der Waals surface area contributed by atoms with Crippen molar-refractivity contribution in [2.75, 3.05) is 0 Å². The van der Waals surface area contributed by atoms with Crippen molar-refractivity contribution in [2.24, 2.45) is 35.0 Å². The van der Waals surface area contributed by atoms with Gasteiger partial charge in [-0.25, -0.2) is 0 Å². The lowest BCUT2D eigenvalue weighted by Gasteiger charge is -2.56. The Labute approximate surface area is 184 Å². The third-order valence-corrected chi connectivity index (χ3v) is 9.11. The molecule has 5 nitrogen and oxygen atoms in total. The molecule has 0 aromatic carbocycles. The van der Waals surface area contributed by atoms with Crippen molar-refractivity contribution in [2.45, 2.75) is 78.0 Å². The highest BCUT2D eigenvalue weighted by molar-refractivity contribution is 7.09. The highest BCUT2D eigenvalue weighted by Crippen LogP contribution is 2.55. The average molecular weight is 433 g/mol. The molecule has 1 aromatic heterocycles. The highest BCUT2D eigenvalue weighted by Gasteiger charge is 2.54. The molecule has 6 heteroatoms. The molecule has 2 amide bonds. The molecule has 4 rings (SSSR count). The van der Waals surface area contributed by atoms with Crippen LogP contribution < -0.4 is 10.6 Å². The largest absolute Gasteiger partial charge is 0.392 e. The maximum Gasteiger partial charge on any atom is 0.223 e. The van der Waals surface area contributed by atoms with Crippen LogP contribution in [0.2, 0.25) is 0 Å². The van der Waals surface area contributed by atoms with Gasteiger partial charge in [-0.15, -0.1) is 11.3 Å². The third kappa shape index (κ3) is 4.31. The smallest absolute Gasteiger partial charge is 0.223 e. The normalized spacial score (nSPS) is 37.1. The van der Waals surface area contributed by atoms with Crippen molar-refractivity contribution in [3.63, 3.8) is 0 Å². The number of hydrogen-bond acceptors (Lipinski definition) is 4. The van der Waals surface area contributed by atoms with Crippen molar-refractivity contribution in [1.82, 2.24) is 10.6 Å². The first-order valence-electron chi connectivity index (χ1n) is 11.6. The zero-order valence-corrected chi connectivity index (χ0v) is 19.2. The number of nitrogens with one attached hydrogen (secondary N) is 2. The van der Waals surface area contributed by atoms with Gasteiger partial charge in [0.2, 0.25) is 11.8 Å². The van der Waals surface area contributed by atoms with Crippen LogP contribution in [0.5, 0.6) is 0 Å². The summed E-state index contributed by atoms with van der Waals surface area (Å²) >= 11 is 1.64. The topological polar surface area (TPSA) is 78.4 Å². The summed E-state index contributed by atoms with van der Waals surface area (Å²) in [5.74, 6) is 0.496. The van der Waals surface area contributed by atoms with Gasteiger partial charge in [-0.05, 0) is 73.1 Å². The van der Waals surface area contributed by atoms with Gasteiger partial charge in [-0.2, -0.15) is 0 Å². The molecular weight excluding hydrogens is 396 g/mol. The molecule has 1 unspecified atom stereocenters. The van der Waals surface area contributed by atoms with Crippen LogP contribution in [0, 0.1) is 35.0 Å². The number of carbonyl (C=O) groups excluding carboxylic acids is 2.